The number of methoxy groups -OCH3 is 1. The maximum atomic E-state index is 5.94. The molecule has 2 heterocycles. The van der Waals surface area contributed by atoms with Crippen LogP contribution in [-0.4, -0.2) is 74.6 Å². The fraction of sp³-hybridized carbons (Fsp3) is 0.700. The minimum atomic E-state index is -0.231. The Hall–Kier alpha value is -0.915. The molecule has 0 aliphatic carbocycles. The van der Waals surface area contributed by atoms with E-state index in [9.17, 15) is 0 Å². The van der Waals surface area contributed by atoms with E-state index in [1.807, 2.05) is 0 Å². The molecule has 6 heteroatoms. The molecule has 0 aromatic heterocycles. The van der Waals surface area contributed by atoms with E-state index < -0.39 is 0 Å². The first-order valence-electron chi connectivity index (χ1n) is 9.64. The summed E-state index contributed by atoms with van der Waals surface area (Å²) >= 11 is 0. The zero-order chi connectivity index (χ0) is 18.8. The first-order valence-corrected chi connectivity index (χ1v) is 9.64. The van der Waals surface area contributed by atoms with Gasteiger partial charge in [0.15, 0.2) is 0 Å². The van der Waals surface area contributed by atoms with E-state index in [1.54, 1.807) is 7.11 Å². The second-order valence-corrected chi connectivity index (χ2v) is 8.77. The lowest BCUT2D eigenvalue weighted by molar-refractivity contribution is 0.000753. The number of piperazine rings is 1. The number of benzene rings is 1. The van der Waals surface area contributed by atoms with Crippen LogP contribution >= 0.6 is 0 Å². The van der Waals surface area contributed by atoms with Crippen LogP contribution in [0.2, 0.25) is 0 Å². The Morgan fingerprint density at radius 1 is 1.12 bits per heavy atom. The highest BCUT2D eigenvalue weighted by Gasteiger charge is 2.38. The van der Waals surface area contributed by atoms with Gasteiger partial charge in [0.1, 0.15) is 0 Å². The number of nitrogens with zero attached hydrogens (tertiary/aromatic N) is 2. The molecule has 0 amide bonds. The molecule has 0 radical (unpaired) electrons. The summed E-state index contributed by atoms with van der Waals surface area (Å²) in [6.07, 6.45) is 0. The molecule has 2 fully saturated rings. The zero-order valence-corrected chi connectivity index (χ0v) is 17.0. The second-order valence-electron chi connectivity index (χ2n) is 8.77. The molecule has 144 valence electrons. The SMILES string of the molecule is COCC(C)(C)N1CCN(Cc2ccc(B3OCC(C)(C)O3)cc2)CC1. The Bertz CT molecular complexity index is 583. The van der Waals surface area contributed by atoms with Crippen molar-refractivity contribution in [1.29, 1.82) is 0 Å². The molecular weight excluding hydrogens is 327 g/mol. The Morgan fingerprint density at radius 3 is 2.31 bits per heavy atom. The highest BCUT2D eigenvalue weighted by molar-refractivity contribution is 6.61. The lowest BCUT2D eigenvalue weighted by Gasteiger charge is -2.43. The highest BCUT2D eigenvalue weighted by atomic mass is 16.7. The van der Waals surface area contributed by atoms with Gasteiger partial charge in [0.05, 0.1) is 18.8 Å². The van der Waals surface area contributed by atoms with Gasteiger partial charge in [0.2, 0.25) is 0 Å². The van der Waals surface area contributed by atoms with Gasteiger partial charge in [-0.05, 0) is 38.7 Å². The molecule has 2 aliphatic heterocycles. The van der Waals surface area contributed by atoms with E-state index in [0.29, 0.717) is 6.61 Å². The van der Waals surface area contributed by atoms with Crippen molar-refractivity contribution in [3.8, 4) is 0 Å². The van der Waals surface area contributed by atoms with E-state index in [0.717, 1.165) is 44.8 Å². The summed E-state index contributed by atoms with van der Waals surface area (Å²) in [5, 5.41) is 0. The highest BCUT2D eigenvalue weighted by Crippen LogP contribution is 2.20. The summed E-state index contributed by atoms with van der Waals surface area (Å²) in [4.78, 5) is 5.06. The van der Waals surface area contributed by atoms with Crippen molar-refractivity contribution in [3.05, 3.63) is 29.8 Å². The number of hydrogen-bond acceptors (Lipinski definition) is 5. The largest absolute Gasteiger partial charge is 0.494 e. The van der Waals surface area contributed by atoms with Crippen molar-refractivity contribution in [2.24, 2.45) is 0 Å². The first-order chi connectivity index (χ1) is 12.3. The van der Waals surface area contributed by atoms with Crippen molar-refractivity contribution in [2.75, 3.05) is 46.5 Å². The number of rotatable bonds is 6. The van der Waals surface area contributed by atoms with Crippen molar-refractivity contribution in [2.45, 2.75) is 45.4 Å². The predicted octanol–water partition coefficient (Wildman–Crippen LogP) is 1.75. The lowest BCUT2D eigenvalue weighted by atomic mass is 9.79. The summed E-state index contributed by atoms with van der Waals surface area (Å²) in [5.74, 6) is 0. The van der Waals surface area contributed by atoms with Gasteiger partial charge in [-0.3, -0.25) is 9.80 Å². The summed E-state index contributed by atoms with van der Waals surface area (Å²) in [6.45, 7) is 15.4. The third kappa shape index (κ3) is 4.87. The van der Waals surface area contributed by atoms with Crippen LogP contribution in [0.1, 0.15) is 33.3 Å². The molecular formula is C20H33BN2O3. The second kappa shape index (κ2) is 7.99. The van der Waals surface area contributed by atoms with Gasteiger partial charge >= 0.3 is 7.12 Å². The van der Waals surface area contributed by atoms with Gasteiger partial charge in [-0.1, -0.05) is 24.3 Å². The van der Waals surface area contributed by atoms with Crippen LogP contribution in [-0.2, 0) is 20.6 Å². The average molecular weight is 360 g/mol. The lowest BCUT2D eigenvalue weighted by Crippen LogP contribution is -2.56. The third-order valence-electron chi connectivity index (χ3n) is 5.39. The number of ether oxygens (including phenoxy) is 1. The normalized spacial score (nSPS) is 22.1. The van der Waals surface area contributed by atoms with Gasteiger partial charge in [-0.15, -0.1) is 0 Å². The van der Waals surface area contributed by atoms with Crippen molar-refractivity contribution in [1.82, 2.24) is 9.80 Å². The quantitative estimate of drug-likeness (QED) is 0.722. The minimum absolute atomic E-state index is 0.109. The molecule has 1 aromatic carbocycles. The Balaban J connectivity index is 1.50. The van der Waals surface area contributed by atoms with Gasteiger partial charge in [-0.2, -0.15) is 0 Å². The van der Waals surface area contributed by atoms with Crippen molar-refractivity contribution in [3.63, 3.8) is 0 Å². The van der Waals surface area contributed by atoms with Crippen LogP contribution < -0.4 is 5.46 Å². The fourth-order valence-electron chi connectivity index (χ4n) is 3.79. The van der Waals surface area contributed by atoms with E-state index in [1.165, 1.54) is 5.56 Å². The van der Waals surface area contributed by atoms with Crippen LogP contribution in [0.15, 0.2) is 24.3 Å². The van der Waals surface area contributed by atoms with Gasteiger partial charge in [-0.25, -0.2) is 0 Å². The number of hydrogen-bond donors (Lipinski definition) is 0. The zero-order valence-electron chi connectivity index (χ0n) is 17.0. The Kier molecular flexibility index (Phi) is 6.09. The van der Waals surface area contributed by atoms with E-state index in [4.69, 9.17) is 14.0 Å². The molecule has 0 unspecified atom stereocenters. The van der Waals surface area contributed by atoms with Gasteiger partial charge in [0, 0.05) is 45.4 Å². The monoisotopic (exact) mass is 360 g/mol. The standard InChI is InChI=1S/C20H33BN2O3/c1-19(2,15-24-5)23-12-10-22(11-13-23)14-17-6-8-18(9-7-17)21-25-16-20(3,4)26-21/h6-9H,10-16H2,1-5H3. The van der Waals surface area contributed by atoms with Crippen molar-refractivity contribution >= 4 is 12.6 Å². The first kappa shape index (κ1) is 19.8. The van der Waals surface area contributed by atoms with E-state index in [2.05, 4.69) is 61.8 Å². The minimum Gasteiger partial charge on any atom is -0.404 e. The van der Waals surface area contributed by atoms with Crippen LogP contribution in [0.3, 0.4) is 0 Å². The molecule has 0 bridgehead atoms. The molecule has 26 heavy (non-hydrogen) atoms. The van der Waals surface area contributed by atoms with Crippen molar-refractivity contribution < 1.29 is 14.0 Å². The molecule has 5 nitrogen and oxygen atoms in total. The third-order valence-corrected chi connectivity index (χ3v) is 5.39. The smallest absolute Gasteiger partial charge is 0.404 e. The Labute approximate surface area is 158 Å². The fourth-order valence-corrected chi connectivity index (χ4v) is 3.79. The maximum Gasteiger partial charge on any atom is 0.494 e. The van der Waals surface area contributed by atoms with E-state index >= 15 is 0 Å². The van der Waals surface area contributed by atoms with Gasteiger partial charge < -0.3 is 14.0 Å². The topological polar surface area (TPSA) is 34.2 Å². The van der Waals surface area contributed by atoms with Crippen LogP contribution in [0, 0.1) is 0 Å². The van der Waals surface area contributed by atoms with Crippen LogP contribution in [0.5, 0.6) is 0 Å². The molecule has 2 aliphatic rings. The molecule has 2 saturated heterocycles. The molecule has 3 rings (SSSR count). The predicted molar refractivity (Wildman–Crippen MR) is 106 cm³/mol. The molecule has 0 N–H and O–H groups in total. The molecule has 0 atom stereocenters. The summed E-state index contributed by atoms with van der Waals surface area (Å²) in [5.41, 5.74) is 2.36. The average Bonchev–Trinajstić information content (AvgIpc) is 2.96. The van der Waals surface area contributed by atoms with Crippen LogP contribution in [0.4, 0.5) is 0 Å². The molecule has 0 spiro atoms. The molecule has 0 saturated carbocycles. The molecule has 1 aromatic rings. The maximum absolute atomic E-state index is 5.94. The van der Waals surface area contributed by atoms with E-state index in [-0.39, 0.29) is 18.3 Å². The summed E-state index contributed by atoms with van der Waals surface area (Å²) in [7, 11) is 1.55. The summed E-state index contributed by atoms with van der Waals surface area (Å²) in [6, 6.07) is 8.68. The summed E-state index contributed by atoms with van der Waals surface area (Å²) < 4.78 is 17.1. The Morgan fingerprint density at radius 2 is 1.77 bits per heavy atom. The van der Waals surface area contributed by atoms with Crippen LogP contribution in [0.25, 0.3) is 0 Å². The van der Waals surface area contributed by atoms with Gasteiger partial charge in [0.25, 0.3) is 0 Å².